The molecular weight excluding hydrogens is 357 g/mol. The van der Waals surface area contributed by atoms with Gasteiger partial charge in [0.2, 0.25) is 13.3 Å². The van der Waals surface area contributed by atoms with Crippen LogP contribution in [0.4, 0.5) is 0 Å². The Hall–Kier alpha value is -1.12. The van der Waals surface area contributed by atoms with Crippen molar-refractivity contribution < 1.29 is 13.9 Å². The first-order valence-electron chi connectivity index (χ1n) is 10.6. The summed E-state index contributed by atoms with van der Waals surface area (Å²) in [5.41, 5.74) is 0. The average Bonchev–Trinajstić information content (AvgIpc) is 2.68. The molecule has 27 heavy (non-hydrogen) atoms. The maximum atomic E-state index is 13.5. The highest BCUT2D eigenvalue weighted by Gasteiger charge is 2.30. The molecule has 1 aromatic carbocycles. The van der Waals surface area contributed by atoms with E-state index in [2.05, 4.69) is 6.92 Å². The predicted molar refractivity (Wildman–Crippen MR) is 115 cm³/mol. The third-order valence-electron chi connectivity index (χ3n) is 4.91. The predicted octanol–water partition coefficient (Wildman–Crippen LogP) is 5.62. The summed E-state index contributed by atoms with van der Waals surface area (Å²) >= 11 is 0. The van der Waals surface area contributed by atoms with Crippen molar-refractivity contribution in [3.63, 3.8) is 0 Å². The second-order valence-corrected chi connectivity index (χ2v) is 9.48. The number of hydrogen-bond donors (Lipinski definition) is 0. The van der Waals surface area contributed by atoms with Gasteiger partial charge in [-0.3, -0.25) is 9.36 Å². The molecule has 1 rings (SSSR count). The Balaban J connectivity index is 2.53. The number of rotatable bonds is 15. The van der Waals surface area contributed by atoms with Crippen LogP contribution in [0.3, 0.4) is 0 Å². The molecule has 1 aromatic rings. The maximum Gasteiger partial charge on any atom is 0.241 e. The summed E-state index contributed by atoms with van der Waals surface area (Å²) in [6, 6.07) is 9.21. The number of hydrogen-bond acceptors (Lipinski definition) is 3. The summed E-state index contributed by atoms with van der Waals surface area (Å²) in [6.07, 6.45) is 9.61. The quantitative estimate of drug-likeness (QED) is 0.286. The standard InChI is InChI=1S/C22H38NO3P/c1-4-7-8-9-10-11-12-16-19-26-27(25,21-17-14-13-15-18-21)20-22(24)23(5-2)6-3/h13-15,17-18H,4-12,16,19-20H2,1-3H3. The molecule has 0 fully saturated rings. The lowest BCUT2D eigenvalue weighted by molar-refractivity contribution is -0.128. The fourth-order valence-electron chi connectivity index (χ4n) is 3.17. The highest BCUT2D eigenvalue weighted by atomic mass is 31.2. The van der Waals surface area contributed by atoms with Gasteiger partial charge in [-0.15, -0.1) is 0 Å². The Morgan fingerprint density at radius 1 is 0.889 bits per heavy atom. The molecule has 0 aromatic heterocycles. The molecule has 0 aliphatic rings. The highest BCUT2D eigenvalue weighted by Crippen LogP contribution is 2.46. The average molecular weight is 396 g/mol. The molecule has 0 radical (unpaired) electrons. The zero-order chi connectivity index (χ0) is 20.0. The van der Waals surface area contributed by atoms with Crippen LogP contribution in [0.5, 0.6) is 0 Å². The highest BCUT2D eigenvalue weighted by molar-refractivity contribution is 7.67. The zero-order valence-electron chi connectivity index (χ0n) is 17.5. The van der Waals surface area contributed by atoms with Crippen LogP contribution in [0.2, 0.25) is 0 Å². The first-order valence-corrected chi connectivity index (χ1v) is 12.4. The zero-order valence-corrected chi connectivity index (χ0v) is 18.4. The van der Waals surface area contributed by atoms with Crippen molar-refractivity contribution in [2.75, 3.05) is 25.9 Å². The number of carbonyl (C=O) groups is 1. The summed E-state index contributed by atoms with van der Waals surface area (Å²) in [4.78, 5) is 14.2. The van der Waals surface area contributed by atoms with Crippen LogP contribution < -0.4 is 5.30 Å². The molecule has 1 atom stereocenters. The van der Waals surface area contributed by atoms with Crippen LogP contribution in [-0.2, 0) is 13.9 Å². The van der Waals surface area contributed by atoms with Crippen molar-refractivity contribution in [3.05, 3.63) is 30.3 Å². The van der Waals surface area contributed by atoms with Gasteiger partial charge in [-0.25, -0.2) is 0 Å². The van der Waals surface area contributed by atoms with Gasteiger partial charge in [-0.1, -0.05) is 70.1 Å². The normalized spacial score (nSPS) is 13.3. The second-order valence-electron chi connectivity index (χ2n) is 7.04. The molecule has 0 saturated heterocycles. The topological polar surface area (TPSA) is 46.6 Å². The van der Waals surface area contributed by atoms with Crippen molar-refractivity contribution in [2.24, 2.45) is 0 Å². The lowest BCUT2D eigenvalue weighted by Crippen LogP contribution is -2.34. The van der Waals surface area contributed by atoms with Gasteiger partial charge in [0.1, 0.15) is 6.16 Å². The van der Waals surface area contributed by atoms with E-state index in [1.165, 1.54) is 38.5 Å². The Bertz CT molecular complexity index is 558. The maximum absolute atomic E-state index is 13.5. The molecule has 5 heteroatoms. The number of carbonyl (C=O) groups excluding carboxylic acids is 1. The van der Waals surface area contributed by atoms with Crippen molar-refractivity contribution >= 4 is 18.6 Å². The SMILES string of the molecule is CCCCCCCCCCOP(=O)(CC(=O)N(CC)CC)c1ccccc1. The molecule has 0 aliphatic carbocycles. The molecule has 0 N–H and O–H groups in total. The van der Waals surface area contributed by atoms with Crippen molar-refractivity contribution in [1.82, 2.24) is 4.90 Å². The Kier molecular flexibility index (Phi) is 12.4. The number of amides is 1. The molecular formula is C22H38NO3P. The van der Waals surface area contributed by atoms with E-state index >= 15 is 0 Å². The van der Waals surface area contributed by atoms with Crippen LogP contribution in [0.1, 0.15) is 72.1 Å². The minimum absolute atomic E-state index is 0.0459. The summed E-state index contributed by atoms with van der Waals surface area (Å²) in [7, 11) is -3.17. The van der Waals surface area contributed by atoms with Gasteiger partial charge in [0.15, 0.2) is 0 Å². The first kappa shape index (κ1) is 23.9. The minimum Gasteiger partial charge on any atom is -0.343 e. The van der Waals surface area contributed by atoms with Crippen LogP contribution in [0.25, 0.3) is 0 Å². The van der Waals surface area contributed by atoms with Crippen LogP contribution in [0.15, 0.2) is 30.3 Å². The minimum atomic E-state index is -3.17. The van der Waals surface area contributed by atoms with Crippen molar-refractivity contribution in [3.8, 4) is 0 Å². The van der Waals surface area contributed by atoms with Gasteiger partial charge in [-0.05, 0) is 32.4 Å². The smallest absolute Gasteiger partial charge is 0.241 e. The van der Waals surface area contributed by atoms with Gasteiger partial charge in [0.05, 0.1) is 6.61 Å². The molecule has 0 aliphatic heterocycles. The molecule has 0 heterocycles. The Morgan fingerprint density at radius 3 is 2.00 bits per heavy atom. The van der Waals surface area contributed by atoms with E-state index in [0.717, 1.165) is 12.8 Å². The van der Waals surface area contributed by atoms with E-state index in [4.69, 9.17) is 4.52 Å². The van der Waals surface area contributed by atoms with E-state index in [9.17, 15) is 9.36 Å². The Labute approximate surface area is 166 Å². The van der Waals surface area contributed by atoms with E-state index < -0.39 is 7.37 Å². The summed E-state index contributed by atoms with van der Waals surface area (Å²) < 4.78 is 19.4. The van der Waals surface area contributed by atoms with E-state index in [-0.39, 0.29) is 12.1 Å². The lowest BCUT2D eigenvalue weighted by Gasteiger charge is -2.23. The van der Waals surface area contributed by atoms with Gasteiger partial charge in [0, 0.05) is 18.4 Å². The van der Waals surface area contributed by atoms with Crippen LogP contribution >= 0.6 is 7.37 Å². The largest absolute Gasteiger partial charge is 0.343 e. The van der Waals surface area contributed by atoms with Crippen LogP contribution in [-0.4, -0.2) is 36.7 Å². The fraction of sp³-hybridized carbons (Fsp3) is 0.682. The van der Waals surface area contributed by atoms with E-state index in [1.807, 2.05) is 44.2 Å². The first-order chi connectivity index (χ1) is 13.1. The number of benzene rings is 1. The fourth-order valence-corrected chi connectivity index (χ4v) is 5.20. The van der Waals surface area contributed by atoms with Gasteiger partial charge in [0.25, 0.3) is 0 Å². The van der Waals surface area contributed by atoms with Crippen LogP contribution in [0, 0.1) is 0 Å². The molecule has 0 saturated carbocycles. The summed E-state index contributed by atoms with van der Waals surface area (Å²) in [5, 5.41) is 0.644. The third kappa shape index (κ3) is 9.08. The number of unbranched alkanes of at least 4 members (excludes halogenated alkanes) is 7. The monoisotopic (exact) mass is 395 g/mol. The molecule has 1 unspecified atom stereocenters. The van der Waals surface area contributed by atoms with Gasteiger partial charge in [-0.2, -0.15) is 0 Å². The van der Waals surface area contributed by atoms with Gasteiger partial charge < -0.3 is 9.42 Å². The number of nitrogens with zero attached hydrogens (tertiary/aromatic N) is 1. The van der Waals surface area contributed by atoms with Gasteiger partial charge >= 0.3 is 0 Å². The molecule has 0 spiro atoms. The van der Waals surface area contributed by atoms with E-state index in [1.54, 1.807) is 4.90 Å². The van der Waals surface area contributed by atoms with Crippen molar-refractivity contribution in [1.29, 1.82) is 0 Å². The second kappa shape index (κ2) is 14.0. The van der Waals surface area contributed by atoms with E-state index in [0.29, 0.717) is 25.0 Å². The Morgan fingerprint density at radius 2 is 1.44 bits per heavy atom. The summed E-state index contributed by atoms with van der Waals surface area (Å²) in [6.45, 7) is 7.82. The molecule has 0 bridgehead atoms. The molecule has 4 nitrogen and oxygen atoms in total. The third-order valence-corrected chi connectivity index (χ3v) is 7.28. The van der Waals surface area contributed by atoms with Crippen molar-refractivity contribution in [2.45, 2.75) is 72.1 Å². The summed E-state index contributed by atoms with van der Waals surface area (Å²) in [5.74, 6) is -0.0943. The molecule has 154 valence electrons. The lowest BCUT2D eigenvalue weighted by atomic mass is 10.1. The molecule has 1 amide bonds.